The Morgan fingerprint density at radius 1 is 1.40 bits per heavy atom. The van der Waals surface area contributed by atoms with Gasteiger partial charge in [-0.2, -0.15) is 5.10 Å². The van der Waals surface area contributed by atoms with Crippen LogP contribution in [-0.2, 0) is 0 Å². The minimum Gasteiger partial charge on any atom is -0.391 e. The van der Waals surface area contributed by atoms with Crippen LogP contribution in [0.15, 0.2) is 36.7 Å². The minimum atomic E-state index is -0.569. The fourth-order valence-electron chi connectivity index (χ4n) is 2.57. The van der Waals surface area contributed by atoms with Crippen molar-refractivity contribution in [2.45, 2.75) is 18.6 Å². The Bertz CT molecular complexity index is 597. The predicted molar refractivity (Wildman–Crippen MR) is 69.4 cm³/mol. The molecule has 5 nitrogen and oxygen atoms in total. The standard InChI is InChI=1S/C14H14FN3O2/c15-11-3-1-9(2-4-11)13-5-12(19)8-18(13)14(20)10-6-16-17-7-10/h1-4,6-7,12-13,19H,5,8H2,(H,16,17). The number of aliphatic hydroxyl groups excluding tert-OH is 1. The molecule has 1 fully saturated rings. The van der Waals surface area contributed by atoms with Crippen molar-refractivity contribution < 1.29 is 14.3 Å². The Morgan fingerprint density at radius 2 is 2.15 bits per heavy atom. The summed E-state index contributed by atoms with van der Waals surface area (Å²) >= 11 is 0. The summed E-state index contributed by atoms with van der Waals surface area (Å²) in [5, 5.41) is 16.2. The zero-order valence-corrected chi connectivity index (χ0v) is 10.7. The minimum absolute atomic E-state index is 0.190. The highest BCUT2D eigenvalue weighted by atomic mass is 19.1. The van der Waals surface area contributed by atoms with Crippen LogP contribution in [0.4, 0.5) is 4.39 Å². The Balaban J connectivity index is 1.89. The third kappa shape index (κ3) is 2.30. The zero-order valence-electron chi connectivity index (χ0n) is 10.7. The van der Waals surface area contributed by atoms with Crippen molar-refractivity contribution >= 4 is 5.91 Å². The first kappa shape index (κ1) is 12.8. The van der Waals surface area contributed by atoms with E-state index in [1.165, 1.54) is 24.5 Å². The lowest BCUT2D eigenvalue weighted by atomic mass is 10.0. The van der Waals surface area contributed by atoms with Crippen LogP contribution in [0.3, 0.4) is 0 Å². The molecule has 20 heavy (non-hydrogen) atoms. The van der Waals surface area contributed by atoms with Crippen molar-refractivity contribution in [2.75, 3.05) is 6.54 Å². The van der Waals surface area contributed by atoms with Gasteiger partial charge in [-0.25, -0.2) is 4.39 Å². The van der Waals surface area contributed by atoms with E-state index < -0.39 is 6.10 Å². The number of carbonyl (C=O) groups is 1. The summed E-state index contributed by atoms with van der Waals surface area (Å²) in [5.41, 5.74) is 1.27. The molecular formula is C14H14FN3O2. The molecule has 1 amide bonds. The quantitative estimate of drug-likeness (QED) is 0.872. The molecule has 0 saturated carbocycles. The molecule has 6 heteroatoms. The molecule has 1 aliphatic rings. The lowest BCUT2D eigenvalue weighted by Crippen LogP contribution is -2.31. The molecule has 2 N–H and O–H groups in total. The maximum absolute atomic E-state index is 13.0. The van der Waals surface area contributed by atoms with E-state index >= 15 is 0 Å². The fourth-order valence-corrected chi connectivity index (χ4v) is 2.57. The second-order valence-corrected chi connectivity index (χ2v) is 4.90. The van der Waals surface area contributed by atoms with Crippen LogP contribution in [-0.4, -0.2) is 38.8 Å². The first-order valence-electron chi connectivity index (χ1n) is 6.38. The van der Waals surface area contributed by atoms with Gasteiger partial charge in [0.15, 0.2) is 0 Å². The number of nitrogens with one attached hydrogen (secondary N) is 1. The Hall–Kier alpha value is -2.21. The lowest BCUT2D eigenvalue weighted by Gasteiger charge is -2.24. The SMILES string of the molecule is O=C(c1cn[nH]c1)N1CC(O)CC1c1ccc(F)cc1. The average Bonchev–Trinajstić information content (AvgIpc) is 3.08. The molecule has 2 aromatic rings. The lowest BCUT2D eigenvalue weighted by molar-refractivity contribution is 0.0716. The van der Waals surface area contributed by atoms with Gasteiger partial charge in [-0.1, -0.05) is 12.1 Å². The smallest absolute Gasteiger partial charge is 0.257 e. The molecule has 104 valence electrons. The van der Waals surface area contributed by atoms with E-state index in [2.05, 4.69) is 10.2 Å². The molecule has 3 rings (SSSR count). The highest BCUT2D eigenvalue weighted by Crippen LogP contribution is 2.33. The van der Waals surface area contributed by atoms with Crippen molar-refractivity contribution in [3.63, 3.8) is 0 Å². The summed E-state index contributed by atoms with van der Waals surface area (Å²) in [6.45, 7) is 0.270. The van der Waals surface area contributed by atoms with Crippen LogP contribution in [0, 0.1) is 5.82 Å². The van der Waals surface area contributed by atoms with Crippen molar-refractivity contribution in [3.8, 4) is 0 Å². The summed E-state index contributed by atoms with van der Waals surface area (Å²) < 4.78 is 13.0. The normalized spacial score (nSPS) is 22.2. The molecule has 0 radical (unpaired) electrons. The van der Waals surface area contributed by atoms with Crippen LogP contribution < -0.4 is 0 Å². The maximum Gasteiger partial charge on any atom is 0.257 e. The molecule has 2 atom stereocenters. The number of H-pyrrole nitrogens is 1. The highest BCUT2D eigenvalue weighted by molar-refractivity contribution is 5.94. The number of likely N-dealkylation sites (tertiary alicyclic amines) is 1. The van der Waals surface area contributed by atoms with Gasteiger partial charge in [0.25, 0.3) is 5.91 Å². The number of aromatic nitrogens is 2. The molecule has 0 bridgehead atoms. The number of nitrogens with zero attached hydrogens (tertiary/aromatic N) is 2. The fraction of sp³-hybridized carbons (Fsp3) is 0.286. The molecule has 2 heterocycles. The van der Waals surface area contributed by atoms with Gasteiger partial charge >= 0.3 is 0 Å². The number of aromatic amines is 1. The Kier molecular flexibility index (Phi) is 3.23. The van der Waals surface area contributed by atoms with E-state index in [9.17, 15) is 14.3 Å². The molecule has 1 saturated heterocycles. The predicted octanol–water partition coefficient (Wildman–Crippen LogP) is 1.50. The molecule has 1 aliphatic heterocycles. The van der Waals surface area contributed by atoms with E-state index in [-0.39, 0.29) is 24.3 Å². The molecule has 0 spiro atoms. The van der Waals surface area contributed by atoms with Gasteiger partial charge in [0.1, 0.15) is 5.82 Å². The van der Waals surface area contributed by atoms with E-state index in [1.54, 1.807) is 17.0 Å². The van der Waals surface area contributed by atoms with E-state index in [1.807, 2.05) is 0 Å². The van der Waals surface area contributed by atoms with Crippen molar-refractivity contribution in [2.24, 2.45) is 0 Å². The number of aliphatic hydroxyl groups is 1. The number of β-amino-alcohol motifs (C(OH)–C–C–N with tert-alkyl or cyclic N) is 1. The van der Waals surface area contributed by atoms with Gasteiger partial charge in [-0.15, -0.1) is 0 Å². The largest absolute Gasteiger partial charge is 0.391 e. The molecule has 1 aromatic carbocycles. The van der Waals surface area contributed by atoms with Crippen LogP contribution in [0.2, 0.25) is 0 Å². The number of carbonyl (C=O) groups excluding carboxylic acids is 1. The zero-order chi connectivity index (χ0) is 14.1. The van der Waals surface area contributed by atoms with Crippen molar-refractivity contribution in [1.82, 2.24) is 15.1 Å². The second-order valence-electron chi connectivity index (χ2n) is 4.90. The van der Waals surface area contributed by atoms with Gasteiger partial charge < -0.3 is 10.0 Å². The highest BCUT2D eigenvalue weighted by Gasteiger charge is 2.35. The maximum atomic E-state index is 13.0. The summed E-state index contributed by atoms with van der Waals surface area (Å²) in [7, 11) is 0. The van der Waals surface area contributed by atoms with Crippen LogP contribution >= 0.6 is 0 Å². The number of rotatable bonds is 2. The van der Waals surface area contributed by atoms with E-state index in [4.69, 9.17) is 0 Å². The summed E-state index contributed by atoms with van der Waals surface area (Å²) in [4.78, 5) is 14.0. The third-order valence-electron chi connectivity index (χ3n) is 3.54. The van der Waals surface area contributed by atoms with Crippen molar-refractivity contribution in [1.29, 1.82) is 0 Å². The monoisotopic (exact) mass is 275 g/mol. The first-order valence-corrected chi connectivity index (χ1v) is 6.38. The van der Waals surface area contributed by atoms with Crippen LogP contribution in [0.25, 0.3) is 0 Å². The Labute approximate surface area is 115 Å². The molecule has 0 aliphatic carbocycles. The van der Waals surface area contributed by atoms with Gasteiger partial charge in [0, 0.05) is 12.7 Å². The number of hydrogen-bond acceptors (Lipinski definition) is 3. The molecule has 1 aromatic heterocycles. The number of halogens is 1. The van der Waals surface area contributed by atoms with Crippen LogP contribution in [0.5, 0.6) is 0 Å². The van der Waals surface area contributed by atoms with Gasteiger partial charge in [-0.05, 0) is 24.1 Å². The average molecular weight is 275 g/mol. The van der Waals surface area contributed by atoms with Gasteiger partial charge in [0.05, 0.1) is 23.9 Å². The van der Waals surface area contributed by atoms with Gasteiger partial charge in [-0.3, -0.25) is 9.89 Å². The summed E-state index contributed by atoms with van der Waals surface area (Å²) in [6.07, 6.45) is 2.86. The third-order valence-corrected chi connectivity index (χ3v) is 3.54. The van der Waals surface area contributed by atoms with E-state index in [0.717, 1.165) is 5.56 Å². The van der Waals surface area contributed by atoms with E-state index in [0.29, 0.717) is 12.0 Å². The number of benzene rings is 1. The Morgan fingerprint density at radius 3 is 2.80 bits per heavy atom. The molecular weight excluding hydrogens is 261 g/mol. The molecule has 2 unspecified atom stereocenters. The summed E-state index contributed by atoms with van der Waals surface area (Å²) in [5.74, 6) is -0.510. The second kappa shape index (κ2) is 5.05. The van der Waals surface area contributed by atoms with Crippen LogP contribution in [0.1, 0.15) is 28.4 Å². The number of hydrogen-bond donors (Lipinski definition) is 2. The summed E-state index contributed by atoms with van der Waals surface area (Å²) in [6, 6.07) is 5.77. The van der Waals surface area contributed by atoms with Gasteiger partial charge in [0.2, 0.25) is 0 Å². The van der Waals surface area contributed by atoms with Crippen molar-refractivity contribution in [3.05, 3.63) is 53.6 Å². The topological polar surface area (TPSA) is 69.2 Å². The first-order chi connectivity index (χ1) is 9.65. The number of amides is 1.